The summed E-state index contributed by atoms with van der Waals surface area (Å²) in [7, 11) is 0. The van der Waals surface area contributed by atoms with Crippen molar-refractivity contribution in [2.24, 2.45) is 0 Å². The molecule has 1 aliphatic heterocycles. The molecular formula is C20H25N3O2. The molecule has 2 N–H and O–H groups in total. The van der Waals surface area contributed by atoms with Crippen LogP contribution < -0.4 is 5.32 Å². The number of hydrogen-bond acceptors (Lipinski definition) is 3. The van der Waals surface area contributed by atoms with Crippen LogP contribution in [0.25, 0.3) is 5.57 Å². The molecule has 0 unspecified atom stereocenters. The summed E-state index contributed by atoms with van der Waals surface area (Å²) < 4.78 is 0. The van der Waals surface area contributed by atoms with Gasteiger partial charge in [-0.2, -0.15) is 5.26 Å². The largest absolute Gasteiger partial charge is 0.394 e. The topological polar surface area (TPSA) is 76.4 Å². The first-order valence-electron chi connectivity index (χ1n) is 9.07. The molecule has 1 fully saturated rings. The van der Waals surface area contributed by atoms with Crippen molar-refractivity contribution in [3.63, 3.8) is 0 Å². The summed E-state index contributed by atoms with van der Waals surface area (Å²) in [5, 5.41) is 22.4. The Bertz CT molecular complexity index is 707. The van der Waals surface area contributed by atoms with E-state index in [4.69, 9.17) is 0 Å². The second kappa shape index (κ2) is 7.71. The quantitative estimate of drug-likeness (QED) is 0.866. The molecule has 0 saturated carbocycles. The van der Waals surface area contributed by atoms with Gasteiger partial charge >= 0.3 is 6.03 Å². The minimum atomic E-state index is -0.544. The van der Waals surface area contributed by atoms with E-state index in [1.165, 1.54) is 10.5 Å². The third kappa shape index (κ3) is 3.14. The molecule has 1 aromatic carbocycles. The lowest BCUT2D eigenvalue weighted by Gasteiger charge is -2.51. The van der Waals surface area contributed by atoms with Crippen LogP contribution in [0.15, 0.2) is 30.3 Å². The van der Waals surface area contributed by atoms with Crippen LogP contribution in [0.5, 0.6) is 0 Å². The number of aliphatic hydroxyl groups is 1. The molecule has 5 nitrogen and oxygen atoms in total. The van der Waals surface area contributed by atoms with E-state index in [0.29, 0.717) is 6.54 Å². The number of likely N-dealkylation sites (tertiary alicyclic amines) is 1. The molecule has 1 heterocycles. The Hall–Kier alpha value is -2.32. The van der Waals surface area contributed by atoms with Gasteiger partial charge in [0.2, 0.25) is 0 Å². The third-order valence-electron chi connectivity index (χ3n) is 5.20. The van der Waals surface area contributed by atoms with Crippen molar-refractivity contribution < 1.29 is 9.90 Å². The maximum Gasteiger partial charge on any atom is 0.318 e. The van der Waals surface area contributed by atoms with Gasteiger partial charge in [-0.05, 0) is 42.4 Å². The van der Waals surface area contributed by atoms with E-state index in [1.807, 2.05) is 25.1 Å². The van der Waals surface area contributed by atoms with E-state index in [0.717, 1.165) is 36.8 Å². The maximum atomic E-state index is 12.4. The van der Waals surface area contributed by atoms with Gasteiger partial charge in [-0.25, -0.2) is 4.79 Å². The number of nitrogens with zero attached hydrogens (tertiary/aromatic N) is 2. The summed E-state index contributed by atoms with van der Waals surface area (Å²) in [6, 6.07) is 9.22. The number of amides is 2. The lowest BCUT2D eigenvalue weighted by Crippen LogP contribution is -2.67. The Morgan fingerprint density at radius 3 is 2.88 bits per heavy atom. The summed E-state index contributed by atoms with van der Waals surface area (Å²) in [6.07, 6.45) is 6.39. The zero-order valence-electron chi connectivity index (χ0n) is 14.6. The van der Waals surface area contributed by atoms with Crippen LogP contribution in [0.4, 0.5) is 4.79 Å². The van der Waals surface area contributed by atoms with Crippen molar-refractivity contribution in [1.82, 2.24) is 10.2 Å². The number of nitriles is 1. The normalized spacial score (nSPS) is 25.1. The SMILES string of the molecule is CCCNC(=O)N1[C@H](C#N)[C@H](c2ccccc2C2=CCCC2)[C@@H]1CO. The summed E-state index contributed by atoms with van der Waals surface area (Å²) in [5.41, 5.74) is 3.55. The van der Waals surface area contributed by atoms with Gasteiger partial charge in [0, 0.05) is 12.5 Å². The second-order valence-corrected chi connectivity index (χ2v) is 6.70. The summed E-state index contributed by atoms with van der Waals surface area (Å²) in [5.74, 6) is -0.153. The van der Waals surface area contributed by atoms with Crippen molar-refractivity contribution in [2.45, 2.75) is 50.6 Å². The van der Waals surface area contributed by atoms with Crippen LogP contribution in [0.1, 0.15) is 49.7 Å². The average molecular weight is 339 g/mol. The molecule has 0 radical (unpaired) electrons. The Balaban J connectivity index is 1.90. The number of carbonyl (C=O) groups excluding carboxylic acids is 1. The minimum Gasteiger partial charge on any atom is -0.394 e. The number of rotatable bonds is 5. The molecule has 2 aliphatic rings. The maximum absolute atomic E-state index is 12.4. The molecule has 5 heteroatoms. The van der Waals surface area contributed by atoms with E-state index < -0.39 is 6.04 Å². The highest BCUT2D eigenvalue weighted by Gasteiger charge is 2.52. The lowest BCUT2D eigenvalue weighted by molar-refractivity contribution is 0.0168. The van der Waals surface area contributed by atoms with Gasteiger partial charge in [-0.1, -0.05) is 37.3 Å². The number of hydrogen-bond donors (Lipinski definition) is 2. The van der Waals surface area contributed by atoms with E-state index >= 15 is 0 Å². The summed E-state index contributed by atoms with van der Waals surface area (Å²) in [6.45, 7) is 2.41. The van der Waals surface area contributed by atoms with E-state index in [9.17, 15) is 15.2 Å². The van der Waals surface area contributed by atoms with Gasteiger partial charge in [0.15, 0.2) is 0 Å². The monoisotopic (exact) mass is 339 g/mol. The van der Waals surface area contributed by atoms with E-state index in [2.05, 4.69) is 23.5 Å². The molecule has 132 valence electrons. The zero-order valence-corrected chi connectivity index (χ0v) is 14.6. The lowest BCUT2D eigenvalue weighted by atomic mass is 9.73. The highest BCUT2D eigenvalue weighted by atomic mass is 16.3. The number of urea groups is 1. The molecule has 1 aromatic rings. The predicted octanol–water partition coefficient (Wildman–Crippen LogP) is 3.03. The van der Waals surface area contributed by atoms with E-state index in [1.54, 1.807) is 0 Å². The van der Waals surface area contributed by atoms with Crippen molar-refractivity contribution in [3.05, 3.63) is 41.5 Å². The van der Waals surface area contributed by atoms with Crippen molar-refractivity contribution in [1.29, 1.82) is 5.26 Å². The Labute approximate surface area is 148 Å². The first kappa shape index (κ1) is 17.5. The highest BCUT2D eigenvalue weighted by molar-refractivity contribution is 5.78. The average Bonchev–Trinajstić information content (AvgIpc) is 3.14. The van der Waals surface area contributed by atoms with E-state index in [-0.39, 0.29) is 24.6 Å². The van der Waals surface area contributed by atoms with Gasteiger partial charge in [-0.3, -0.25) is 0 Å². The molecule has 2 amide bonds. The number of allylic oxidation sites excluding steroid dienone is 2. The standard InChI is InChI=1S/C20H25N3O2/c1-2-11-22-20(25)23-17(12-21)19(18(23)13-24)16-10-6-5-9-15(16)14-7-3-4-8-14/h5-7,9-10,17-19,24H,2-4,8,11,13H2,1H3,(H,22,25)/t17-,18+,19+/m1/s1. The van der Waals surface area contributed by atoms with Crippen LogP contribution in [-0.2, 0) is 0 Å². The fraction of sp³-hybridized carbons (Fsp3) is 0.500. The number of benzene rings is 1. The Kier molecular flexibility index (Phi) is 5.40. The van der Waals surface area contributed by atoms with Crippen LogP contribution >= 0.6 is 0 Å². The van der Waals surface area contributed by atoms with Gasteiger partial charge < -0.3 is 15.3 Å². The predicted molar refractivity (Wildman–Crippen MR) is 96.8 cm³/mol. The molecule has 0 spiro atoms. The Morgan fingerprint density at radius 1 is 1.44 bits per heavy atom. The van der Waals surface area contributed by atoms with Gasteiger partial charge in [0.1, 0.15) is 6.04 Å². The summed E-state index contributed by atoms with van der Waals surface area (Å²) >= 11 is 0. The molecule has 0 bridgehead atoms. The van der Waals surface area contributed by atoms with Gasteiger partial charge in [0.05, 0.1) is 18.7 Å². The number of aliphatic hydroxyl groups excluding tert-OH is 1. The van der Waals surface area contributed by atoms with Gasteiger partial charge in [0.25, 0.3) is 0 Å². The van der Waals surface area contributed by atoms with Crippen LogP contribution in [0, 0.1) is 11.3 Å². The second-order valence-electron chi connectivity index (χ2n) is 6.70. The highest BCUT2D eigenvalue weighted by Crippen LogP contribution is 2.44. The first-order valence-corrected chi connectivity index (χ1v) is 9.07. The van der Waals surface area contributed by atoms with Crippen LogP contribution in [0.3, 0.4) is 0 Å². The Morgan fingerprint density at radius 2 is 2.24 bits per heavy atom. The first-order chi connectivity index (χ1) is 12.2. The molecule has 3 atom stereocenters. The van der Waals surface area contributed by atoms with Gasteiger partial charge in [-0.15, -0.1) is 0 Å². The van der Waals surface area contributed by atoms with Crippen molar-refractivity contribution >= 4 is 11.6 Å². The van der Waals surface area contributed by atoms with Crippen LogP contribution in [0.2, 0.25) is 0 Å². The zero-order chi connectivity index (χ0) is 17.8. The molecule has 25 heavy (non-hydrogen) atoms. The molecular weight excluding hydrogens is 314 g/mol. The molecule has 1 saturated heterocycles. The fourth-order valence-electron chi connectivity index (χ4n) is 3.98. The van der Waals surface area contributed by atoms with Crippen molar-refractivity contribution in [2.75, 3.05) is 13.2 Å². The number of carbonyl (C=O) groups is 1. The molecule has 3 rings (SSSR count). The minimum absolute atomic E-state index is 0.143. The van der Waals surface area contributed by atoms with Crippen LogP contribution in [-0.4, -0.2) is 41.3 Å². The fourth-order valence-corrected chi connectivity index (χ4v) is 3.98. The number of nitrogens with one attached hydrogen (secondary N) is 1. The molecule has 1 aliphatic carbocycles. The smallest absolute Gasteiger partial charge is 0.318 e. The third-order valence-corrected chi connectivity index (χ3v) is 5.20. The van der Waals surface area contributed by atoms with Crippen molar-refractivity contribution in [3.8, 4) is 6.07 Å². The molecule has 0 aromatic heterocycles. The summed E-state index contributed by atoms with van der Waals surface area (Å²) in [4.78, 5) is 13.9.